The van der Waals surface area contributed by atoms with Crippen LogP contribution in [0, 0.1) is 0 Å². The van der Waals surface area contributed by atoms with Gasteiger partial charge in [-0.25, -0.2) is 0 Å². The summed E-state index contributed by atoms with van der Waals surface area (Å²) in [5.74, 6) is 0.436. The number of amides is 2. The fraction of sp³-hybridized carbons (Fsp3) is 0.565. The monoisotopic (exact) mass is 445 g/mol. The molecule has 168 valence electrons. The van der Waals surface area contributed by atoms with E-state index in [9.17, 15) is 9.59 Å². The maximum Gasteiger partial charge on any atom is 0.242 e. The average Bonchev–Trinajstić information content (AvgIpc) is 3.38. The summed E-state index contributed by atoms with van der Waals surface area (Å²) in [6.45, 7) is 6.89. The van der Waals surface area contributed by atoms with Crippen molar-refractivity contribution >= 4 is 34.5 Å². The van der Waals surface area contributed by atoms with Crippen LogP contribution in [0.2, 0.25) is 0 Å². The summed E-state index contributed by atoms with van der Waals surface area (Å²) < 4.78 is 13.3. The van der Waals surface area contributed by atoms with E-state index in [1.165, 1.54) is 11.8 Å². The van der Waals surface area contributed by atoms with Gasteiger partial charge in [-0.15, -0.1) is 11.8 Å². The van der Waals surface area contributed by atoms with Gasteiger partial charge in [0, 0.05) is 48.2 Å². The maximum atomic E-state index is 13.0. The molecule has 1 N–H and O–H groups in total. The first kappa shape index (κ1) is 22.2. The highest BCUT2D eigenvalue weighted by molar-refractivity contribution is 8.00. The molecule has 1 aromatic carbocycles. The van der Waals surface area contributed by atoms with Crippen LogP contribution in [0.1, 0.15) is 26.7 Å². The number of rotatable bonds is 7. The predicted octanol–water partition coefficient (Wildman–Crippen LogP) is 2.66. The molecule has 2 fully saturated rings. The number of benzene rings is 1. The molecular formula is C23H31N3O4S. The zero-order valence-corrected chi connectivity index (χ0v) is 19.0. The van der Waals surface area contributed by atoms with Crippen LogP contribution in [0.4, 0.5) is 0 Å². The van der Waals surface area contributed by atoms with Crippen LogP contribution >= 0.6 is 11.8 Å². The van der Waals surface area contributed by atoms with Crippen LogP contribution in [-0.2, 0) is 25.6 Å². The van der Waals surface area contributed by atoms with Gasteiger partial charge in [-0.2, -0.15) is 0 Å². The predicted molar refractivity (Wildman–Crippen MR) is 121 cm³/mol. The zero-order valence-electron chi connectivity index (χ0n) is 18.2. The number of carbonyl (C=O) groups excluding carboxylic acids is 2. The number of hydrogen-bond acceptors (Lipinski definition) is 5. The lowest BCUT2D eigenvalue weighted by Gasteiger charge is -2.35. The first-order valence-corrected chi connectivity index (χ1v) is 12.0. The summed E-state index contributed by atoms with van der Waals surface area (Å²) in [4.78, 5) is 28.2. The van der Waals surface area contributed by atoms with Crippen LogP contribution < -0.4 is 5.32 Å². The number of carbonyl (C=O) groups is 2. The van der Waals surface area contributed by atoms with Crippen molar-refractivity contribution in [3.05, 3.63) is 30.5 Å². The fourth-order valence-corrected chi connectivity index (χ4v) is 5.23. The van der Waals surface area contributed by atoms with Crippen molar-refractivity contribution in [1.29, 1.82) is 0 Å². The third-order valence-electron chi connectivity index (χ3n) is 5.74. The van der Waals surface area contributed by atoms with Crippen molar-refractivity contribution in [2.24, 2.45) is 0 Å². The van der Waals surface area contributed by atoms with E-state index >= 15 is 0 Å². The van der Waals surface area contributed by atoms with Gasteiger partial charge in [0.15, 0.2) is 0 Å². The topological polar surface area (TPSA) is 72.8 Å². The number of fused-ring (bicyclic) bond motifs is 1. The second-order valence-electron chi connectivity index (χ2n) is 8.42. The van der Waals surface area contributed by atoms with Gasteiger partial charge in [-0.1, -0.05) is 18.2 Å². The molecule has 0 saturated carbocycles. The molecule has 2 amide bonds. The molecule has 0 bridgehead atoms. The second-order valence-corrected chi connectivity index (χ2v) is 9.44. The molecular weight excluding hydrogens is 414 g/mol. The highest BCUT2D eigenvalue weighted by Gasteiger charge is 2.26. The van der Waals surface area contributed by atoms with Gasteiger partial charge in [0.25, 0.3) is 0 Å². The van der Waals surface area contributed by atoms with Gasteiger partial charge in [0.1, 0.15) is 6.54 Å². The molecule has 2 aliphatic heterocycles. The first-order valence-electron chi connectivity index (χ1n) is 11.0. The molecule has 1 aromatic heterocycles. The number of nitrogens with one attached hydrogen (secondary N) is 1. The van der Waals surface area contributed by atoms with Gasteiger partial charge >= 0.3 is 0 Å². The molecule has 0 radical (unpaired) electrons. The Morgan fingerprint density at radius 1 is 1.19 bits per heavy atom. The highest BCUT2D eigenvalue weighted by atomic mass is 32.2. The normalized spacial score (nSPS) is 23.9. The van der Waals surface area contributed by atoms with Crippen molar-refractivity contribution < 1.29 is 19.1 Å². The van der Waals surface area contributed by atoms with Gasteiger partial charge < -0.3 is 24.3 Å². The quantitative estimate of drug-likeness (QED) is 0.664. The SMILES string of the molecule is CC1CN(C(=O)Cn2cc(SCC(=O)NCC3CCCO3)c3ccccc32)CC(C)O1. The Labute approximate surface area is 187 Å². The van der Waals surface area contributed by atoms with E-state index in [4.69, 9.17) is 9.47 Å². The molecule has 2 aliphatic rings. The fourth-order valence-electron chi connectivity index (χ4n) is 4.31. The standard InChI is InChI=1S/C23H31N3O4S/c1-16-11-26(12-17(2)30-16)23(28)14-25-13-21(19-7-3-4-8-20(19)25)31-15-22(27)24-10-18-6-5-9-29-18/h3-4,7-8,13,16-18H,5-6,9-12,14-15H2,1-2H3,(H,24,27). The van der Waals surface area contributed by atoms with Crippen molar-refractivity contribution in [1.82, 2.24) is 14.8 Å². The largest absolute Gasteiger partial charge is 0.376 e. The Hall–Kier alpha value is -2.03. The Balaban J connectivity index is 1.39. The summed E-state index contributed by atoms with van der Waals surface area (Å²) >= 11 is 1.51. The first-order chi connectivity index (χ1) is 15.0. The number of thioether (sulfide) groups is 1. The van der Waals surface area contributed by atoms with Gasteiger partial charge in [0.05, 0.1) is 24.1 Å². The number of hydrogen-bond donors (Lipinski definition) is 1. The number of ether oxygens (including phenoxy) is 2. The summed E-state index contributed by atoms with van der Waals surface area (Å²) in [5.41, 5.74) is 1.01. The Morgan fingerprint density at radius 3 is 2.71 bits per heavy atom. The van der Waals surface area contributed by atoms with Crippen molar-refractivity contribution in [3.8, 4) is 0 Å². The summed E-state index contributed by atoms with van der Waals surface area (Å²) in [6.07, 6.45) is 4.31. The van der Waals surface area contributed by atoms with E-state index in [1.807, 2.05) is 53.8 Å². The molecule has 2 aromatic rings. The second kappa shape index (κ2) is 10.1. The lowest BCUT2D eigenvalue weighted by atomic mass is 10.2. The van der Waals surface area contributed by atoms with E-state index in [2.05, 4.69) is 5.32 Å². The zero-order chi connectivity index (χ0) is 21.8. The molecule has 3 heterocycles. The summed E-state index contributed by atoms with van der Waals surface area (Å²) in [5, 5.41) is 4.03. The van der Waals surface area contributed by atoms with E-state index in [1.54, 1.807) is 0 Å². The van der Waals surface area contributed by atoms with Crippen LogP contribution in [0.3, 0.4) is 0 Å². The molecule has 0 aliphatic carbocycles. The van der Waals surface area contributed by atoms with Gasteiger partial charge in [-0.05, 0) is 32.8 Å². The number of nitrogens with zero attached hydrogens (tertiary/aromatic N) is 2. The molecule has 8 heteroatoms. The van der Waals surface area contributed by atoms with Crippen LogP contribution in [0.5, 0.6) is 0 Å². The van der Waals surface area contributed by atoms with Crippen LogP contribution in [0.25, 0.3) is 10.9 Å². The molecule has 7 nitrogen and oxygen atoms in total. The van der Waals surface area contributed by atoms with E-state index in [0.717, 1.165) is 35.2 Å². The molecule has 0 spiro atoms. The van der Waals surface area contributed by atoms with Crippen LogP contribution in [-0.4, -0.2) is 71.6 Å². The molecule has 2 saturated heterocycles. The van der Waals surface area contributed by atoms with E-state index < -0.39 is 0 Å². The minimum atomic E-state index is 0.00435. The number of morpholine rings is 1. The number of para-hydroxylation sites is 1. The molecule has 4 rings (SSSR count). The smallest absolute Gasteiger partial charge is 0.242 e. The summed E-state index contributed by atoms with van der Waals surface area (Å²) in [7, 11) is 0. The Bertz CT molecular complexity index is 915. The maximum absolute atomic E-state index is 13.0. The van der Waals surface area contributed by atoms with Gasteiger partial charge in [0.2, 0.25) is 11.8 Å². The lowest BCUT2D eigenvalue weighted by Crippen LogP contribution is -2.49. The summed E-state index contributed by atoms with van der Waals surface area (Å²) in [6, 6.07) is 8.03. The van der Waals surface area contributed by atoms with Crippen molar-refractivity contribution in [2.75, 3.05) is 32.0 Å². The van der Waals surface area contributed by atoms with Crippen molar-refractivity contribution in [2.45, 2.75) is 56.4 Å². The average molecular weight is 446 g/mol. The third-order valence-corrected chi connectivity index (χ3v) is 6.78. The molecule has 31 heavy (non-hydrogen) atoms. The Morgan fingerprint density at radius 2 is 1.97 bits per heavy atom. The lowest BCUT2D eigenvalue weighted by molar-refractivity contribution is -0.143. The van der Waals surface area contributed by atoms with Crippen LogP contribution in [0.15, 0.2) is 35.4 Å². The van der Waals surface area contributed by atoms with Crippen molar-refractivity contribution in [3.63, 3.8) is 0 Å². The minimum Gasteiger partial charge on any atom is -0.376 e. The highest BCUT2D eigenvalue weighted by Crippen LogP contribution is 2.30. The molecule has 3 atom stereocenters. The molecule has 3 unspecified atom stereocenters. The third kappa shape index (κ3) is 5.61. The van der Waals surface area contributed by atoms with E-state index in [0.29, 0.717) is 25.4 Å². The minimum absolute atomic E-state index is 0.00435. The number of aromatic nitrogens is 1. The Kier molecular flexibility index (Phi) is 7.20. The van der Waals surface area contributed by atoms with Gasteiger partial charge in [-0.3, -0.25) is 9.59 Å². The van der Waals surface area contributed by atoms with E-state index in [-0.39, 0.29) is 36.7 Å².